The monoisotopic (exact) mass is 401 g/mol. The molecular formula is C18H35N5O5. The second-order valence-electron chi connectivity index (χ2n) is 6.96. The molecule has 6 N–H and O–H groups in total. The van der Waals surface area contributed by atoms with E-state index in [1.807, 2.05) is 0 Å². The summed E-state index contributed by atoms with van der Waals surface area (Å²) < 4.78 is 5.53. The van der Waals surface area contributed by atoms with Crippen molar-refractivity contribution in [1.82, 2.24) is 20.9 Å². The summed E-state index contributed by atoms with van der Waals surface area (Å²) in [5, 5.41) is 18.6. The van der Waals surface area contributed by atoms with Gasteiger partial charge in [0.05, 0.1) is 24.8 Å². The van der Waals surface area contributed by atoms with Gasteiger partial charge in [0, 0.05) is 13.1 Å². The van der Waals surface area contributed by atoms with Gasteiger partial charge in [-0.15, -0.1) is 0 Å². The molecule has 1 saturated heterocycles. The number of rotatable bonds is 13. The molecule has 2 amide bonds. The van der Waals surface area contributed by atoms with Crippen LogP contribution in [0.25, 0.3) is 0 Å². The maximum absolute atomic E-state index is 12.8. The molecule has 0 aromatic rings. The smallest absolute Gasteiger partial charge is 0.248 e. The van der Waals surface area contributed by atoms with Crippen LogP contribution >= 0.6 is 0 Å². The Morgan fingerprint density at radius 2 is 2.04 bits per heavy atom. The third kappa shape index (κ3) is 7.10. The Bertz CT molecular complexity index is 505. The van der Waals surface area contributed by atoms with E-state index in [4.69, 9.17) is 10.5 Å². The first kappa shape index (κ1) is 24.4. The van der Waals surface area contributed by atoms with Crippen LogP contribution < -0.4 is 21.7 Å². The van der Waals surface area contributed by atoms with Crippen LogP contribution in [0, 0.1) is 0 Å². The molecule has 0 radical (unpaired) electrons. The van der Waals surface area contributed by atoms with Crippen LogP contribution in [-0.4, -0.2) is 92.4 Å². The molecule has 0 saturated carbocycles. The van der Waals surface area contributed by atoms with E-state index < -0.39 is 36.0 Å². The van der Waals surface area contributed by atoms with Gasteiger partial charge in [-0.1, -0.05) is 0 Å². The fourth-order valence-corrected chi connectivity index (χ4v) is 3.27. The summed E-state index contributed by atoms with van der Waals surface area (Å²) in [5.74, 6) is -0.829. The normalized spacial score (nSPS) is 21.0. The second-order valence-corrected chi connectivity index (χ2v) is 6.96. The van der Waals surface area contributed by atoms with Gasteiger partial charge >= 0.3 is 0 Å². The van der Waals surface area contributed by atoms with E-state index in [1.54, 1.807) is 14.1 Å². The number of amides is 2. The van der Waals surface area contributed by atoms with Gasteiger partial charge in [0.1, 0.15) is 18.6 Å². The van der Waals surface area contributed by atoms with Crippen LogP contribution in [0.4, 0.5) is 0 Å². The van der Waals surface area contributed by atoms with Crippen LogP contribution in [0.5, 0.6) is 0 Å². The van der Waals surface area contributed by atoms with E-state index in [0.29, 0.717) is 39.0 Å². The lowest BCUT2D eigenvalue weighted by molar-refractivity contribution is -0.141. The zero-order valence-electron chi connectivity index (χ0n) is 17.0. The predicted molar refractivity (Wildman–Crippen MR) is 104 cm³/mol. The quantitative estimate of drug-likeness (QED) is 0.175. The molecule has 0 spiro atoms. The Balaban J connectivity index is 2.69. The number of hydrogen-bond donors (Lipinski definition) is 5. The van der Waals surface area contributed by atoms with Gasteiger partial charge in [0.15, 0.2) is 0 Å². The zero-order chi connectivity index (χ0) is 21.1. The summed E-state index contributed by atoms with van der Waals surface area (Å²) >= 11 is 0. The lowest BCUT2D eigenvalue weighted by Gasteiger charge is -2.29. The van der Waals surface area contributed by atoms with Crippen molar-refractivity contribution < 1.29 is 24.2 Å². The first-order valence-electron chi connectivity index (χ1n) is 9.79. The highest BCUT2D eigenvalue weighted by atomic mass is 16.5. The topological polar surface area (TPSA) is 146 Å². The van der Waals surface area contributed by atoms with Crippen LogP contribution in [-0.2, 0) is 19.1 Å². The molecule has 0 aliphatic carbocycles. The number of aldehydes is 1. The molecule has 10 heteroatoms. The van der Waals surface area contributed by atoms with Gasteiger partial charge in [-0.05, 0) is 46.7 Å². The summed E-state index contributed by atoms with van der Waals surface area (Å²) in [7, 11) is 3.42. The maximum Gasteiger partial charge on any atom is 0.248 e. The maximum atomic E-state index is 12.8. The number of hydrogen-bond acceptors (Lipinski definition) is 8. The number of nitrogens with one attached hydrogen (secondary N) is 3. The van der Waals surface area contributed by atoms with Gasteiger partial charge in [-0.25, -0.2) is 0 Å². The zero-order valence-corrected chi connectivity index (χ0v) is 17.0. The second kappa shape index (κ2) is 12.8. The van der Waals surface area contributed by atoms with Crippen molar-refractivity contribution in [2.75, 3.05) is 33.8 Å². The van der Waals surface area contributed by atoms with Crippen molar-refractivity contribution >= 4 is 18.1 Å². The van der Waals surface area contributed by atoms with Crippen LogP contribution in [0.3, 0.4) is 0 Å². The number of likely N-dealkylation sites (tertiary alicyclic amines) is 1. The third-order valence-electron chi connectivity index (χ3n) is 4.93. The number of carbonyl (C=O) groups is 3. The minimum absolute atomic E-state index is 0.237. The van der Waals surface area contributed by atoms with Crippen LogP contribution in [0.15, 0.2) is 0 Å². The van der Waals surface area contributed by atoms with Crippen molar-refractivity contribution in [2.45, 2.75) is 63.1 Å². The Labute approximate surface area is 166 Å². The number of likely N-dealkylation sites (N-methyl/N-ethyl adjacent to an activating group) is 1. The van der Waals surface area contributed by atoms with E-state index in [-0.39, 0.29) is 6.23 Å². The summed E-state index contributed by atoms with van der Waals surface area (Å²) in [4.78, 5) is 38.0. The largest absolute Gasteiger partial charge is 0.391 e. The van der Waals surface area contributed by atoms with E-state index in [9.17, 15) is 19.5 Å². The Hall–Kier alpha value is -1.59. The SMILES string of the molecule is CNC(CC[C@H](NC)OCCN)C(=O)NC(C(=O)N1CCCC1C=O)[C@@H](C)O. The van der Waals surface area contributed by atoms with Gasteiger partial charge in [0.25, 0.3) is 0 Å². The molecular weight excluding hydrogens is 366 g/mol. The van der Waals surface area contributed by atoms with E-state index in [2.05, 4.69) is 16.0 Å². The first-order chi connectivity index (χ1) is 13.4. The molecule has 10 nitrogen and oxygen atoms in total. The number of ether oxygens (including phenoxy) is 1. The molecule has 0 aromatic carbocycles. The highest BCUT2D eigenvalue weighted by Gasteiger charge is 2.36. The Morgan fingerprint density at radius 1 is 1.32 bits per heavy atom. The number of aliphatic hydroxyl groups excluding tert-OH is 1. The first-order valence-corrected chi connectivity index (χ1v) is 9.79. The number of carbonyl (C=O) groups excluding carboxylic acids is 3. The summed E-state index contributed by atoms with van der Waals surface area (Å²) in [5.41, 5.74) is 5.43. The molecule has 28 heavy (non-hydrogen) atoms. The molecule has 5 atom stereocenters. The van der Waals surface area contributed by atoms with Crippen LogP contribution in [0.2, 0.25) is 0 Å². The molecule has 1 heterocycles. The van der Waals surface area contributed by atoms with Gasteiger partial charge in [0.2, 0.25) is 11.8 Å². The van der Waals surface area contributed by atoms with Crippen molar-refractivity contribution in [2.24, 2.45) is 5.73 Å². The molecule has 3 unspecified atom stereocenters. The van der Waals surface area contributed by atoms with Crippen molar-refractivity contribution in [3.8, 4) is 0 Å². The lowest BCUT2D eigenvalue weighted by atomic mass is 10.1. The predicted octanol–water partition coefficient (Wildman–Crippen LogP) is -2.07. The minimum Gasteiger partial charge on any atom is -0.391 e. The average molecular weight is 402 g/mol. The fourth-order valence-electron chi connectivity index (χ4n) is 3.27. The molecule has 1 aliphatic rings. The molecule has 0 aromatic heterocycles. The number of aliphatic hydroxyl groups is 1. The van der Waals surface area contributed by atoms with Gasteiger partial charge in [-0.2, -0.15) is 0 Å². The van der Waals surface area contributed by atoms with E-state index >= 15 is 0 Å². The van der Waals surface area contributed by atoms with E-state index in [1.165, 1.54) is 11.8 Å². The van der Waals surface area contributed by atoms with Gasteiger partial charge in [-0.3, -0.25) is 14.9 Å². The highest BCUT2D eigenvalue weighted by Crippen LogP contribution is 2.17. The van der Waals surface area contributed by atoms with E-state index in [0.717, 1.165) is 12.7 Å². The molecule has 1 rings (SSSR count). The number of nitrogens with two attached hydrogens (primary N) is 1. The molecule has 1 aliphatic heterocycles. The summed E-state index contributed by atoms with van der Waals surface area (Å²) in [6.07, 6.45) is 1.76. The van der Waals surface area contributed by atoms with Gasteiger partial charge < -0.3 is 35.9 Å². The Kier molecular flexibility index (Phi) is 11.2. The highest BCUT2D eigenvalue weighted by molar-refractivity contribution is 5.91. The fraction of sp³-hybridized carbons (Fsp3) is 0.833. The minimum atomic E-state index is -1.10. The summed E-state index contributed by atoms with van der Waals surface area (Å²) in [6, 6.07) is -2.16. The standard InChI is InChI=1S/C18H35N5O5/c1-12(25)16(18(27)23-9-4-5-13(23)11-24)22-17(26)14(20-2)6-7-15(21-3)28-10-8-19/h11-16,20-21,25H,4-10,19H2,1-3H3,(H,22,26)/t12-,13?,14?,15-,16?/m1/s1. The lowest BCUT2D eigenvalue weighted by Crippen LogP contribution is -2.58. The van der Waals surface area contributed by atoms with Crippen LogP contribution in [0.1, 0.15) is 32.6 Å². The summed E-state index contributed by atoms with van der Waals surface area (Å²) in [6.45, 7) is 2.71. The molecule has 1 fully saturated rings. The Morgan fingerprint density at radius 3 is 2.57 bits per heavy atom. The van der Waals surface area contributed by atoms with Crippen molar-refractivity contribution in [3.63, 3.8) is 0 Å². The van der Waals surface area contributed by atoms with Crippen molar-refractivity contribution in [1.29, 1.82) is 0 Å². The average Bonchev–Trinajstić information content (AvgIpc) is 3.16. The molecule has 162 valence electrons. The molecule has 0 bridgehead atoms. The van der Waals surface area contributed by atoms with Crippen molar-refractivity contribution in [3.05, 3.63) is 0 Å². The number of nitrogens with zero attached hydrogens (tertiary/aromatic N) is 1. The third-order valence-corrected chi connectivity index (χ3v) is 4.93.